The van der Waals surface area contributed by atoms with Crippen molar-refractivity contribution in [3.8, 4) is 0 Å². The molecule has 0 radical (unpaired) electrons. The molecule has 16 heavy (non-hydrogen) atoms. The van der Waals surface area contributed by atoms with Crippen molar-refractivity contribution < 1.29 is 19.8 Å². The van der Waals surface area contributed by atoms with Gasteiger partial charge >= 0.3 is 11.9 Å². The summed E-state index contributed by atoms with van der Waals surface area (Å²) in [5.74, 6) is 0.894. The number of carboxylic acids is 2. The predicted molar refractivity (Wildman–Crippen MR) is 63.8 cm³/mol. The molecule has 0 aliphatic carbocycles. The molecule has 0 amide bonds. The molecule has 0 aromatic heterocycles. The first-order chi connectivity index (χ1) is 7.61. The SMILES string of the molecule is O=C(O)C1CSCN1.O=C(O)C1NCCS1. The molecule has 0 bridgehead atoms. The first-order valence-corrected chi connectivity index (χ1v) is 6.93. The van der Waals surface area contributed by atoms with Crippen LogP contribution >= 0.6 is 23.5 Å². The maximum Gasteiger partial charge on any atom is 0.331 e. The van der Waals surface area contributed by atoms with E-state index in [-0.39, 0.29) is 11.4 Å². The minimum atomic E-state index is -0.757. The third kappa shape index (κ3) is 4.60. The molecule has 0 aromatic carbocycles. The fourth-order valence-electron chi connectivity index (χ4n) is 1.14. The van der Waals surface area contributed by atoms with Crippen molar-refractivity contribution in [2.45, 2.75) is 11.4 Å². The molecule has 2 aliphatic heterocycles. The fourth-order valence-corrected chi connectivity index (χ4v) is 2.92. The molecule has 92 valence electrons. The molecule has 2 atom stereocenters. The van der Waals surface area contributed by atoms with Crippen LogP contribution in [0.1, 0.15) is 0 Å². The topological polar surface area (TPSA) is 98.7 Å². The standard InChI is InChI=1S/2C4H7NO2S/c6-4(7)3-1-8-2-5-3;6-4(7)3-5-1-2-8-3/h2*3,5H,1-2H2,(H,6,7). The molecule has 2 fully saturated rings. The largest absolute Gasteiger partial charge is 0.480 e. The van der Waals surface area contributed by atoms with E-state index in [1.165, 1.54) is 11.8 Å². The lowest BCUT2D eigenvalue weighted by Gasteiger charge is -1.98. The first kappa shape index (κ1) is 13.6. The Morgan fingerprint density at radius 2 is 1.94 bits per heavy atom. The quantitative estimate of drug-likeness (QED) is 0.529. The van der Waals surface area contributed by atoms with Crippen molar-refractivity contribution in [1.29, 1.82) is 0 Å². The molecular formula is C8H14N2O4S2. The number of rotatable bonds is 2. The van der Waals surface area contributed by atoms with Crippen molar-refractivity contribution in [3.63, 3.8) is 0 Å². The van der Waals surface area contributed by atoms with E-state index in [1.54, 1.807) is 11.8 Å². The maximum absolute atomic E-state index is 10.1. The number of carbonyl (C=O) groups is 2. The molecule has 8 heteroatoms. The van der Waals surface area contributed by atoms with Gasteiger partial charge in [0.2, 0.25) is 0 Å². The summed E-state index contributed by atoms with van der Waals surface area (Å²) in [6.07, 6.45) is 0. The van der Waals surface area contributed by atoms with E-state index in [0.717, 1.165) is 18.2 Å². The third-order valence-electron chi connectivity index (χ3n) is 1.96. The molecule has 2 heterocycles. The van der Waals surface area contributed by atoms with Gasteiger partial charge in [-0.15, -0.1) is 23.5 Å². The molecule has 0 spiro atoms. The van der Waals surface area contributed by atoms with E-state index in [0.29, 0.717) is 5.75 Å². The summed E-state index contributed by atoms with van der Waals surface area (Å²) in [5, 5.41) is 22.0. The van der Waals surface area contributed by atoms with Crippen molar-refractivity contribution >= 4 is 35.5 Å². The van der Waals surface area contributed by atoms with Gasteiger partial charge in [0.1, 0.15) is 6.04 Å². The van der Waals surface area contributed by atoms with E-state index in [1.807, 2.05) is 0 Å². The van der Waals surface area contributed by atoms with E-state index in [9.17, 15) is 9.59 Å². The van der Waals surface area contributed by atoms with Gasteiger partial charge in [0.05, 0.1) is 0 Å². The van der Waals surface area contributed by atoms with Crippen molar-refractivity contribution in [2.24, 2.45) is 0 Å². The summed E-state index contributed by atoms with van der Waals surface area (Å²) in [7, 11) is 0. The van der Waals surface area contributed by atoms with Gasteiger partial charge in [-0.05, 0) is 0 Å². The van der Waals surface area contributed by atoms with Crippen LogP contribution in [0.15, 0.2) is 0 Å². The van der Waals surface area contributed by atoms with Crippen molar-refractivity contribution in [2.75, 3.05) is 23.9 Å². The minimum Gasteiger partial charge on any atom is -0.480 e. The van der Waals surface area contributed by atoms with E-state index >= 15 is 0 Å². The van der Waals surface area contributed by atoms with Crippen LogP contribution in [0.4, 0.5) is 0 Å². The zero-order valence-corrected chi connectivity index (χ0v) is 10.1. The second-order valence-corrected chi connectivity index (χ2v) is 5.40. The summed E-state index contributed by atoms with van der Waals surface area (Å²) in [4.78, 5) is 20.2. The van der Waals surface area contributed by atoms with Crippen molar-refractivity contribution in [1.82, 2.24) is 10.6 Å². The highest BCUT2D eigenvalue weighted by atomic mass is 32.2. The summed E-state index contributed by atoms with van der Waals surface area (Å²) in [5.41, 5.74) is 0. The first-order valence-electron chi connectivity index (χ1n) is 4.73. The number of carboxylic acid groups (broad SMARTS) is 2. The van der Waals surface area contributed by atoms with Crippen LogP contribution in [0.2, 0.25) is 0 Å². The fraction of sp³-hybridized carbons (Fsp3) is 0.750. The maximum atomic E-state index is 10.1. The average Bonchev–Trinajstić information content (AvgIpc) is 2.93. The predicted octanol–water partition coefficient (Wildman–Crippen LogP) is -0.533. The minimum absolute atomic E-state index is 0.306. The summed E-state index contributed by atoms with van der Waals surface area (Å²) < 4.78 is 0. The van der Waals surface area contributed by atoms with Gasteiger partial charge in [-0.25, -0.2) is 4.79 Å². The van der Waals surface area contributed by atoms with Crippen LogP contribution in [-0.4, -0.2) is 57.5 Å². The van der Waals surface area contributed by atoms with Crippen LogP contribution in [-0.2, 0) is 9.59 Å². The Kier molecular flexibility index (Phi) is 5.96. The van der Waals surface area contributed by atoms with Gasteiger partial charge in [-0.3, -0.25) is 15.4 Å². The van der Waals surface area contributed by atoms with Crippen LogP contribution in [0.25, 0.3) is 0 Å². The molecule has 2 aliphatic rings. The van der Waals surface area contributed by atoms with Crippen LogP contribution in [0, 0.1) is 0 Å². The second-order valence-electron chi connectivity index (χ2n) is 3.15. The Morgan fingerprint density at radius 1 is 1.19 bits per heavy atom. The zero-order chi connectivity index (χ0) is 12.0. The molecule has 2 saturated heterocycles. The Morgan fingerprint density at radius 3 is 2.19 bits per heavy atom. The van der Waals surface area contributed by atoms with E-state index in [4.69, 9.17) is 10.2 Å². The molecule has 4 N–H and O–H groups in total. The molecule has 0 saturated carbocycles. The molecule has 2 unspecified atom stereocenters. The summed E-state index contributed by atoms with van der Waals surface area (Å²) in [6, 6.07) is -0.306. The lowest BCUT2D eigenvalue weighted by Crippen LogP contribution is -2.32. The van der Waals surface area contributed by atoms with Crippen LogP contribution in [0.5, 0.6) is 0 Å². The lowest BCUT2D eigenvalue weighted by molar-refractivity contribution is -0.139. The Balaban J connectivity index is 0.000000160. The van der Waals surface area contributed by atoms with E-state index in [2.05, 4.69) is 10.6 Å². The zero-order valence-electron chi connectivity index (χ0n) is 8.51. The van der Waals surface area contributed by atoms with Crippen LogP contribution < -0.4 is 10.6 Å². The lowest BCUT2D eigenvalue weighted by atomic mass is 10.4. The number of nitrogens with one attached hydrogen (secondary N) is 2. The summed E-state index contributed by atoms with van der Waals surface area (Å²) in [6.45, 7) is 0.821. The van der Waals surface area contributed by atoms with Crippen LogP contribution in [0.3, 0.4) is 0 Å². The van der Waals surface area contributed by atoms with Gasteiger partial charge in [-0.2, -0.15) is 0 Å². The molecular weight excluding hydrogens is 252 g/mol. The number of thioether (sulfide) groups is 2. The van der Waals surface area contributed by atoms with Gasteiger partial charge in [0.25, 0.3) is 0 Å². The van der Waals surface area contributed by atoms with Crippen molar-refractivity contribution in [3.05, 3.63) is 0 Å². The van der Waals surface area contributed by atoms with Gasteiger partial charge in [0, 0.05) is 23.9 Å². The normalized spacial score (nSPS) is 28.2. The third-order valence-corrected chi connectivity index (χ3v) is 4.04. The number of aliphatic carboxylic acids is 2. The van der Waals surface area contributed by atoms with E-state index < -0.39 is 11.9 Å². The number of hydrogen-bond donors (Lipinski definition) is 4. The second kappa shape index (κ2) is 7.00. The highest BCUT2D eigenvalue weighted by Gasteiger charge is 2.21. The Hall–Kier alpha value is -0.440. The average molecular weight is 266 g/mol. The van der Waals surface area contributed by atoms with Gasteiger partial charge in [0.15, 0.2) is 5.37 Å². The summed E-state index contributed by atoms with van der Waals surface area (Å²) >= 11 is 3.06. The van der Waals surface area contributed by atoms with Gasteiger partial charge < -0.3 is 10.2 Å². The monoisotopic (exact) mass is 266 g/mol. The van der Waals surface area contributed by atoms with Gasteiger partial charge in [-0.1, -0.05) is 0 Å². The smallest absolute Gasteiger partial charge is 0.331 e. The molecule has 6 nitrogen and oxygen atoms in total. The molecule has 0 aromatic rings. The highest BCUT2D eigenvalue weighted by molar-refractivity contribution is 8.00. The highest BCUT2D eigenvalue weighted by Crippen LogP contribution is 2.12. The Bertz CT molecular complexity index is 226. The number of hydrogen-bond acceptors (Lipinski definition) is 6. The molecule has 2 rings (SSSR count). The Labute approximate surface area is 102 Å².